The van der Waals surface area contributed by atoms with Crippen LogP contribution in [-0.4, -0.2) is 15.0 Å². The smallest absolute Gasteiger partial charge is 0.368 e. The second kappa shape index (κ2) is 4.76. The topological polar surface area (TPSA) is 64.7 Å². The van der Waals surface area contributed by atoms with Gasteiger partial charge < -0.3 is 5.73 Å². The first-order valence-corrected chi connectivity index (χ1v) is 5.92. The van der Waals surface area contributed by atoms with E-state index in [9.17, 15) is 13.2 Å². The van der Waals surface area contributed by atoms with Crippen LogP contribution in [0.3, 0.4) is 0 Å². The molecule has 0 saturated carbocycles. The van der Waals surface area contributed by atoms with E-state index in [2.05, 4.69) is 30.9 Å². The van der Waals surface area contributed by atoms with Crippen molar-refractivity contribution in [2.24, 2.45) is 0 Å². The van der Waals surface area contributed by atoms with Gasteiger partial charge in [-0.05, 0) is 25.1 Å². The van der Waals surface area contributed by atoms with Crippen molar-refractivity contribution in [3.05, 3.63) is 34.1 Å². The molecule has 1 aromatic heterocycles. The summed E-state index contributed by atoms with van der Waals surface area (Å²) in [7, 11) is 0. The van der Waals surface area contributed by atoms with Crippen molar-refractivity contribution in [3.8, 4) is 11.4 Å². The second-order valence-electron chi connectivity index (χ2n) is 3.75. The van der Waals surface area contributed by atoms with Crippen molar-refractivity contribution >= 4 is 21.9 Å². The van der Waals surface area contributed by atoms with Crippen molar-refractivity contribution in [1.82, 2.24) is 15.0 Å². The fraction of sp³-hybridized carbons (Fsp3) is 0.182. The molecule has 19 heavy (non-hydrogen) atoms. The number of aromatic nitrogens is 3. The normalized spacial score (nSPS) is 11.6. The molecule has 0 bridgehead atoms. The number of alkyl halides is 3. The van der Waals surface area contributed by atoms with Crippen LogP contribution in [0.4, 0.5) is 19.1 Å². The van der Waals surface area contributed by atoms with Gasteiger partial charge in [-0.25, -0.2) is 4.98 Å². The molecule has 2 aromatic rings. The van der Waals surface area contributed by atoms with Crippen LogP contribution >= 0.6 is 15.9 Å². The Morgan fingerprint density at radius 3 is 2.42 bits per heavy atom. The van der Waals surface area contributed by atoms with Gasteiger partial charge in [-0.2, -0.15) is 23.1 Å². The van der Waals surface area contributed by atoms with Gasteiger partial charge >= 0.3 is 6.18 Å². The summed E-state index contributed by atoms with van der Waals surface area (Å²) in [4.78, 5) is 11.4. The van der Waals surface area contributed by atoms with Crippen LogP contribution in [0.25, 0.3) is 11.4 Å². The lowest BCUT2D eigenvalue weighted by molar-refractivity contribution is -0.137. The second-order valence-corrected chi connectivity index (χ2v) is 4.67. The lowest BCUT2D eigenvalue weighted by Crippen LogP contribution is -2.10. The average Bonchev–Trinajstić information content (AvgIpc) is 2.26. The molecular weight excluding hydrogens is 325 g/mol. The number of hydrogen-bond acceptors (Lipinski definition) is 4. The van der Waals surface area contributed by atoms with Gasteiger partial charge in [0.2, 0.25) is 5.95 Å². The van der Waals surface area contributed by atoms with E-state index in [1.54, 1.807) is 0 Å². The van der Waals surface area contributed by atoms with Gasteiger partial charge in [-0.3, -0.25) is 0 Å². The SMILES string of the molecule is Cc1nc(N)nc(-c2ccc(Br)cc2C(F)(F)F)n1. The summed E-state index contributed by atoms with van der Waals surface area (Å²) in [6, 6.07) is 3.76. The minimum absolute atomic E-state index is 0.0928. The predicted molar refractivity (Wildman–Crippen MR) is 67.1 cm³/mol. The van der Waals surface area contributed by atoms with Crippen molar-refractivity contribution < 1.29 is 13.2 Å². The number of aryl methyl sites for hydroxylation is 1. The highest BCUT2D eigenvalue weighted by atomic mass is 79.9. The number of hydrogen-bond donors (Lipinski definition) is 1. The Morgan fingerprint density at radius 1 is 1.16 bits per heavy atom. The summed E-state index contributed by atoms with van der Waals surface area (Å²) in [5.74, 6) is 0.0573. The molecule has 4 nitrogen and oxygen atoms in total. The van der Waals surface area contributed by atoms with Gasteiger partial charge in [-0.1, -0.05) is 15.9 Å². The van der Waals surface area contributed by atoms with E-state index in [4.69, 9.17) is 5.73 Å². The Balaban J connectivity index is 2.68. The lowest BCUT2D eigenvalue weighted by atomic mass is 10.1. The van der Waals surface area contributed by atoms with Crippen LogP contribution in [0.1, 0.15) is 11.4 Å². The van der Waals surface area contributed by atoms with Crippen LogP contribution in [0.5, 0.6) is 0 Å². The summed E-state index contributed by atoms with van der Waals surface area (Å²) >= 11 is 3.01. The molecule has 0 radical (unpaired) electrons. The minimum Gasteiger partial charge on any atom is -0.368 e. The molecule has 0 spiro atoms. The monoisotopic (exact) mass is 332 g/mol. The van der Waals surface area contributed by atoms with E-state index in [1.165, 1.54) is 19.1 Å². The zero-order valence-electron chi connectivity index (χ0n) is 9.66. The molecule has 8 heteroatoms. The molecular formula is C11H8BrF3N4. The first-order chi connectivity index (χ1) is 8.77. The van der Waals surface area contributed by atoms with Crippen molar-refractivity contribution in [1.29, 1.82) is 0 Å². The van der Waals surface area contributed by atoms with E-state index in [1.807, 2.05) is 0 Å². The molecule has 1 aromatic carbocycles. The minimum atomic E-state index is -4.51. The van der Waals surface area contributed by atoms with Crippen molar-refractivity contribution in [3.63, 3.8) is 0 Å². The Hall–Kier alpha value is -1.70. The van der Waals surface area contributed by atoms with E-state index in [-0.39, 0.29) is 23.2 Å². The first-order valence-electron chi connectivity index (χ1n) is 5.12. The van der Waals surface area contributed by atoms with E-state index >= 15 is 0 Å². The summed E-state index contributed by atoms with van der Waals surface area (Å²) in [6.07, 6.45) is -4.51. The summed E-state index contributed by atoms with van der Waals surface area (Å²) < 4.78 is 39.3. The standard InChI is InChI=1S/C11H8BrF3N4/c1-5-17-9(19-10(16)18-5)7-3-2-6(12)4-8(7)11(13,14)15/h2-4H,1H3,(H2,16,17,18,19). The number of nitrogens with zero attached hydrogens (tertiary/aromatic N) is 3. The largest absolute Gasteiger partial charge is 0.417 e. The molecule has 2 rings (SSSR count). The maximum absolute atomic E-state index is 13.0. The van der Waals surface area contributed by atoms with Gasteiger partial charge in [0, 0.05) is 10.0 Å². The lowest BCUT2D eigenvalue weighted by Gasteiger charge is -2.12. The van der Waals surface area contributed by atoms with Gasteiger partial charge in [0.05, 0.1) is 5.56 Å². The molecule has 0 amide bonds. The highest BCUT2D eigenvalue weighted by Gasteiger charge is 2.34. The van der Waals surface area contributed by atoms with Gasteiger partial charge in [0.1, 0.15) is 5.82 Å². The maximum Gasteiger partial charge on any atom is 0.417 e. The number of halogens is 4. The third-order valence-corrected chi connectivity index (χ3v) is 2.79. The van der Waals surface area contributed by atoms with E-state index in [0.29, 0.717) is 4.47 Å². The summed E-state index contributed by atoms with van der Waals surface area (Å²) in [6.45, 7) is 1.54. The van der Waals surface area contributed by atoms with Crippen molar-refractivity contribution in [2.75, 3.05) is 5.73 Å². The fourth-order valence-corrected chi connectivity index (χ4v) is 1.93. The highest BCUT2D eigenvalue weighted by molar-refractivity contribution is 9.10. The Labute approximate surface area is 115 Å². The molecule has 0 aliphatic carbocycles. The Morgan fingerprint density at radius 2 is 1.84 bits per heavy atom. The molecule has 2 N–H and O–H groups in total. The van der Waals surface area contributed by atoms with Gasteiger partial charge in [0.25, 0.3) is 0 Å². The highest BCUT2D eigenvalue weighted by Crippen LogP contribution is 2.37. The van der Waals surface area contributed by atoms with Crippen LogP contribution in [-0.2, 0) is 6.18 Å². The first kappa shape index (κ1) is 13.7. The molecule has 100 valence electrons. The molecule has 1 heterocycles. The van der Waals surface area contributed by atoms with Crippen LogP contribution < -0.4 is 5.73 Å². The number of rotatable bonds is 1. The number of anilines is 1. The number of nitrogen functional groups attached to an aromatic ring is 1. The van der Waals surface area contributed by atoms with Gasteiger partial charge in [-0.15, -0.1) is 0 Å². The zero-order chi connectivity index (χ0) is 14.2. The molecule has 0 aliphatic rings. The molecule has 0 unspecified atom stereocenters. The van der Waals surface area contributed by atoms with Crippen molar-refractivity contribution in [2.45, 2.75) is 13.1 Å². The molecule has 0 fully saturated rings. The quantitative estimate of drug-likeness (QED) is 0.870. The summed E-state index contributed by atoms with van der Waals surface area (Å²) in [5.41, 5.74) is 4.47. The molecule has 0 atom stereocenters. The van der Waals surface area contributed by atoms with Gasteiger partial charge in [0.15, 0.2) is 5.82 Å². The fourth-order valence-electron chi connectivity index (χ4n) is 1.57. The third-order valence-electron chi connectivity index (χ3n) is 2.29. The number of benzene rings is 1. The Kier molecular flexibility index (Phi) is 3.44. The van der Waals surface area contributed by atoms with E-state index < -0.39 is 11.7 Å². The Bertz CT molecular complexity index is 608. The maximum atomic E-state index is 13.0. The zero-order valence-corrected chi connectivity index (χ0v) is 11.2. The predicted octanol–water partition coefficient (Wildman–Crippen LogP) is 3.21. The molecule has 0 saturated heterocycles. The van der Waals surface area contributed by atoms with Crippen LogP contribution in [0.15, 0.2) is 22.7 Å². The summed E-state index contributed by atoms with van der Waals surface area (Å²) in [5, 5.41) is 0. The number of nitrogens with two attached hydrogens (primary N) is 1. The third kappa shape index (κ3) is 3.01. The van der Waals surface area contributed by atoms with Crippen LogP contribution in [0, 0.1) is 6.92 Å². The average molecular weight is 333 g/mol. The molecule has 0 aliphatic heterocycles. The van der Waals surface area contributed by atoms with E-state index in [0.717, 1.165) is 6.07 Å². The van der Waals surface area contributed by atoms with Crippen LogP contribution in [0.2, 0.25) is 0 Å².